The third-order valence-corrected chi connectivity index (χ3v) is 2.91. The fourth-order valence-corrected chi connectivity index (χ4v) is 1.73. The predicted octanol–water partition coefficient (Wildman–Crippen LogP) is 4.29. The molecule has 1 aromatic heterocycles. The molecule has 84 valence electrons. The molecule has 0 aliphatic heterocycles. The zero-order valence-electron chi connectivity index (χ0n) is 10.5. The molecule has 0 radical (unpaired) electrons. The first kappa shape index (κ1) is 11.0. The van der Waals surface area contributed by atoms with Gasteiger partial charge in [-0.3, -0.25) is 0 Å². The molecule has 1 nitrogen and oxygen atoms in total. The van der Waals surface area contributed by atoms with Crippen molar-refractivity contribution in [2.24, 2.45) is 0 Å². The fourth-order valence-electron chi connectivity index (χ4n) is 1.73. The molecular formula is C15H19N. The molecule has 2 aromatic rings. The second-order valence-corrected chi connectivity index (χ2v) is 5.42. The average Bonchev–Trinajstić information content (AvgIpc) is 2.67. The van der Waals surface area contributed by atoms with Gasteiger partial charge in [-0.15, -0.1) is 0 Å². The predicted molar refractivity (Wildman–Crippen MR) is 69.7 cm³/mol. The van der Waals surface area contributed by atoms with Crippen LogP contribution in [0.25, 0.3) is 11.3 Å². The quantitative estimate of drug-likeness (QED) is 0.727. The number of hydrogen-bond acceptors (Lipinski definition) is 0. The lowest BCUT2D eigenvalue weighted by Gasteiger charge is -2.15. The van der Waals surface area contributed by atoms with E-state index in [-0.39, 0.29) is 5.41 Å². The Morgan fingerprint density at radius 3 is 2.12 bits per heavy atom. The minimum Gasteiger partial charge on any atom is -0.361 e. The summed E-state index contributed by atoms with van der Waals surface area (Å²) in [5.41, 5.74) is 5.31. The van der Waals surface area contributed by atoms with Crippen molar-refractivity contribution in [2.75, 3.05) is 0 Å². The van der Waals surface area contributed by atoms with Crippen LogP contribution in [0.15, 0.2) is 36.5 Å². The second kappa shape index (κ2) is 3.82. The van der Waals surface area contributed by atoms with E-state index in [2.05, 4.69) is 69.2 Å². The minimum absolute atomic E-state index is 0.208. The third-order valence-electron chi connectivity index (χ3n) is 2.91. The molecule has 0 saturated heterocycles. The molecule has 0 aliphatic rings. The molecule has 2 rings (SSSR count). The molecular weight excluding hydrogens is 194 g/mol. The van der Waals surface area contributed by atoms with E-state index in [1.54, 1.807) is 0 Å². The van der Waals surface area contributed by atoms with Gasteiger partial charge in [-0.25, -0.2) is 0 Å². The molecule has 0 spiro atoms. The van der Waals surface area contributed by atoms with E-state index >= 15 is 0 Å². The van der Waals surface area contributed by atoms with Crippen molar-refractivity contribution in [3.05, 3.63) is 47.7 Å². The summed E-state index contributed by atoms with van der Waals surface area (Å²) >= 11 is 0. The first-order chi connectivity index (χ1) is 7.47. The summed E-state index contributed by atoms with van der Waals surface area (Å²) in [6.07, 6.45) is 2.11. The topological polar surface area (TPSA) is 15.8 Å². The van der Waals surface area contributed by atoms with Gasteiger partial charge >= 0.3 is 0 Å². The van der Waals surface area contributed by atoms with Crippen molar-refractivity contribution in [1.29, 1.82) is 0 Å². The first-order valence-electron chi connectivity index (χ1n) is 5.73. The van der Waals surface area contributed by atoms with Crippen LogP contribution in [-0.4, -0.2) is 4.98 Å². The van der Waals surface area contributed by atoms with E-state index in [4.69, 9.17) is 0 Å². The Morgan fingerprint density at radius 2 is 1.62 bits per heavy atom. The summed E-state index contributed by atoms with van der Waals surface area (Å²) in [7, 11) is 0. The molecule has 1 N–H and O–H groups in total. The van der Waals surface area contributed by atoms with Crippen LogP contribution in [-0.2, 0) is 5.41 Å². The molecule has 1 aromatic carbocycles. The van der Waals surface area contributed by atoms with Crippen LogP contribution in [0.5, 0.6) is 0 Å². The van der Waals surface area contributed by atoms with E-state index in [9.17, 15) is 0 Å². The van der Waals surface area contributed by atoms with Crippen LogP contribution in [0.3, 0.4) is 0 Å². The SMILES string of the molecule is Cc1ccc(-c2cc(C(C)(C)C)c[nH]2)cc1. The van der Waals surface area contributed by atoms with Crippen LogP contribution in [0, 0.1) is 6.92 Å². The van der Waals surface area contributed by atoms with Gasteiger partial charge in [0.15, 0.2) is 0 Å². The summed E-state index contributed by atoms with van der Waals surface area (Å²) in [4.78, 5) is 3.35. The molecule has 1 heterocycles. The largest absolute Gasteiger partial charge is 0.361 e. The Hall–Kier alpha value is -1.50. The lowest BCUT2D eigenvalue weighted by atomic mass is 9.89. The van der Waals surface area contributed by atoms with Gasteiger partial charge in [0.05, 0.1) is 0 Å². The zero-order chi connectivity index (χ0) is 11.8. The zero-order valence-corrected chi connectivity index (χ0v) is 10.5. The van der Waals surface area contributed by atoms with E-state index in [0.717, 1.165) is 0 Å². The van der Waals surface area contributed by atoms with Crippen LogP contribution >= 0.6 is 0 Å². The average molecular weight is 213 g/mol. The number of aromatic amines is 1. The Labute approximate surface area is 97.5 Å². The third kappa shape index (κ3) is 2.19. The van der Waals surface area contributed by atoms with Crippen molar-refractivity contribution < 1.29 is 0 Å². The first-order valence-corrected chi connectivity index (χ1v) is 5.73. The van der Waals surface area contributed by atoms with Crippen molar-refractivity contribution in [3.63, 3.8) is 0 Å². The summed E-state index contributed by atoms with van der Waals surface area (Å²) in [5.74, 6) is 0. The highest BCUT2D eigenvalue weighted by molar-refractivity contribution is 5.61. The Morgan fingerprint density at radius 1 is 1.00 bits per heavy atom. The van der Waals surface area contributed by atoms with Gasteiger partial charge < -0.3 is 4.98 Å². The number of aryl methyl sites for hydroxylation is 1. The fraction of sp³-hybridized carbons (Fsp3) is 0.333. The molecule has 0 amide bonds. The minimum atomic E-state index is 0.208. The maximum Gasteiger partial charge on any atom is 0.0456 e. The van der Waals surface area contributed by atoms with E-state index in [0.29, 0.717) is 0 Å². The number of H-pyrrole nitrogens is 1. The van der Waals surface area contributed by atoms with Crippen molar-refractivity contribution in [3.8, 4) is 11.3 Å². The molecule has 0 bridgehead atoms. The summed E-state index contributed by atoms with van der Waals surface area (Å²) in [5, 5.41) is 0. The van der Waals surface area contributed by atoms with Gasteiger partial charge in [0, 0.05) is 11.9 Å². The number of hydrogen-bond donors (Lipinski definition) is 1. The second-order valence-electron chi connectivity index (χ2n) is 5.42. The molecule has 0 saturated carbocycles. The van der Waals surface area contributed by atoms with Gasteiger partial charge in [0.2, 0.25) is 0 Å². The summed E-state index contributed by atoms with van der Waals surface area (Å²) in [6.45, 7) is 8.80. The normalized spacial score (nSPS) is 11.8. The van der Waals surface area contributed by atoms with Gasteiger partial charge in [-0.1, -0.05) is 50.6 Å². The molecule has 0 fully saturated rings. The Bertz CT molecular complexity index is 469. The van der Waals surface area contributed by atoms with Crippen LogP contribution < -0.4 is 0 Å². The van der Waals surface area contributed by atoms with Crippen molar-refractivity contribution in [2.45, 2.75) is 33.1 Å². The highest BCUT2D eigenvalue weighted by Gasteiger charge is 2.15. The molecule has 0 atom stereocenters. The van der Waals surface area contributed by atoms with Gasteiger partial charge in [-0.05, 0) is 29.5 Å². The smallest absolute Gasteiger partial charge is 0.0456 e. The van der Waals surface area contributed by atoms with Gasteiger partial charge in [0.1, 0.15) is 0 Å². The standard InChI is InChI=1S/C15H19N/c1-11-5-7-12(8-6-11)14-9-13(10-16-14)15(2,3)4/h5-10,16H,1-4H3. The number of nitrogens with one attached hydrogen (secondary N) is 1. The Kier molecular flexibility index (Phi) is 2.63. The van der Waals surface area contributed by atoms with Crippen LogP contribution in [0.4, 0.5) is 0 Å². The molecule has 1 heteroatoms. The van der Waals surface area contributed by atoms with E-state index in [1.807, 2.05) is 0 Å². The maximum atomic E-state index is 3.35. The van der Waals surface area contributed by atoms with Crippen LogP contribution in [0.2, 0.25) is 0 Å². The lowest BCUT2D eigenvalue weighted by molar-refractivity contribution is 0.591. The molecule has 16 heavy (non-hydrogen) atoms. The summed E-state index contributed by atoms with van der Waals surface area (Å²) in [6, 6.07) is 10.9. The molecule has 0 aliphatic carbocycles. The van der Waals surface area contributed by atoms with Crippen molar-refractivity contribution >= 4 is 0 Å². The number of aromatic nitrogens is 1. The number of benzene rings is 1. The van der Waals surface area contributed by atoms with E-state index < -0.39 is 0 Å². The van der Waals surface area contributed by atoms with Crippen molar-refractivity contribution in [1.82, 2.24) is 4.98 Å². The summed E-state index contributed by atoms with van der Waals surface area (Å²) < 4.78 is 0. The van der Waals surface area contributed by atoms with Gasteiger partial charge in [0.25, 0.3) is 0 Å². The Balaban J connectivity index is 2.35. The van der Waals surface area contributed by atoms with Crippen LogP contribution in [0.1, 0.15) is 31.9 Å². The highest BCUT2D eigenvalue weighted by Crippen LogP contribution is 2.27. The highest BCUT2D eigenvalue weighted by atomic mass is 14.7. The van der Waals surface area contributed by atoms with Gasteiger partial charge in [-0.2, -0.15) is 0 Å². The molecule has 0 unspecified atom stereocenters. The lowest BCUT2D eigenvalue weighted by Crippen LogP contribution is -2.09. The number of rotatable bonds is 1. The van der Waals surface area contributed by atoms with E-state index in [1.165, 1.54) is 22.4 Å². The maximum absolute atomic E-state index is 3.35. The monoisotopic (exact) mass is 213 g/mol.